The van der Waals surface area contributed by atoms with Crippen LogP contribution in [-0.2, 0) is 6.54 Å². The summed E-state index contributed by atoms with van der Waals surface area (Å²) >= 11 is 0. The summed E-state index contributed by atoms with van der Waals surface area (Å²) in [5.74, 6) is 5.78. The molecule has 3 N–H and O–H groups in total. The van der Waals surface area contributed by atoms with Gasteiger partial charge in [0.25, 0.3) is 5.56 Å². The van der Waals surface area contributed by atoms with Crippen LogP contribution in [0.15, 0.2) is 29.1 Å². The van der Waals surface area contributed by atoms with E-state index in [1.807, 2.05) is 19.1 Å². The van der Waals surface area contributed by atoms with Gasteiger partial charge in [0.1, 0.15) is 0 Å². The Balaban J connectivity index is 2.77. The molecule has 0 saturated heterocycles. The van der Waals surface area contributed by atoms with Crippen molar-refractivity contribution in [3.05, 3.63) is 34.6 Å². The van der Waals surface area contributed by atoms with Crippen LogP contribution < -0.4 is 16.8 Å². The van der Waals surface area contributed by atoms with Crippen LogP contribution in [0.5, 0.6) is 0 Å². The Morgan fingerprint density at radius 3 is 2.88 bits per heavy atom. The second kappa shape index (κ2) is 4.32. The number of hydrazine groups is 1. The van der Waals surface area contributed by atoms with Gasteiger partial charge in [-0.1, -0.05) is 19.1 Å². The molecule has 0 atom stereocenters. The highest BCUT2D eigenvalue weighted by Gasteiger charge is 2.08. The second-order valence-electron chi connectivity index (χ2n) is 3.55. The van der Waals surface area contributed by atoms with Gasteiger partial charge >= 0.3 is 0 Å². The van der Waals surface area contributed by atoms with Gasteiger partial charge in [0.2, 0.25) is 5.95 Å². The number of anilines is 1. The second-order valence-corrected chi connectivity index (χ2v) is 3.55. The topological polar surface area (TPSA) is 72.9 Å². The molecule has 0 radical (unpaired) electrons. The highest BCUT2D eigenvalue weighted by Crippen LogP contribution is 2.10. The molecule has 84 valence electrons. The van der Waals surface area contributed by atoms with E-state index in [4.69, 9.17) is 5.84 Å². The van der Waals surface area contributed by atoms with E-state index >= 15 is 0 Å². The number of hydrogen-bond donors (Lipinski definition) is 2. The van der Waals surface area contributed by atoms with E-state index in [0.29, 0.717) is 23.4 Å². The number of nitrogens with two attached hydrogens (primary N) is 1. The summed E-state index contributed by atoms with van der Waals surface area (Å²) in [5.41, 5.74) is 3.07. The van der Waals surface area contributed by atoms with Crippen molar-refractivity contribution >= 4 is 16.9 Å². The predicted octanol–water partition coefficient (Wildman–Crippen LogP) is 1.09. The van der Waals surface area contributed by atoms with E-state index in [0.717, 1.165) is 6.42 Å². The molecule has 0 spiro atoms. The average molecular weight is 218 g/mol. The quantitative estimate of drug-likeness (QED) is 0.597. The maximum absolute atomic E-state index is 12.1. The molecule has 0 aliphatic rings. The largest absolute Gasteiger partial charge is 0.294 e. The summed E-state index contributed by atoms with van der Waals surface area (Å²) in [5, 5.41) is 0.620. The molecule has 5 heteroatoms. The third-order valence-corrected chi connectivity index (χ3v) is 2.44. The summed E-state index contributed by atoms with van der Waals surface area (Å²) in [6, 6.07) is 7.25. The first-order chi connectivity index (χ1) is 7.77. The highest BCUT2D eigenvalue weighted by atomic mass is 16.1. The lowest BCUT2D eigenvalue weighted by Gasteiger charge is -2.11. The number of aromatic nitrogens is 2. The third-order valence-electron chi connectivity index (χ3n) is 2.44. The fourth-order valence-corrected chi connectivity index (χ4v) is 1.71. The number of nitrogens with one attached hydrogen (secondary N) is 1. The monoisotopic (exact) mass is 218 g/mol. The lowest BCUT2D eigenvalue weighted by molar-refractivity contribution is 0.654. The van der Waals surface area contributed by atoms with Gasteiger partial charge in [-0.2, -0.15) is 0 Å². The van der Waals surface area contributed by atoms with Gasteiger partial charge in [-0.25, -0.2) is 10.8 Å². The zero-order valence-corrected chi connectivity index (χ0v) is 9.10. The molecule has 1 aromatic heterocycles. The van der Waals surface area contributed by atoms with Gasteiger partial charge in [-0.05, 0) is 18.6 Å². The van der Waals surface area contributed by atoms with Gasteiger partial charge in [0.05, 0.1) is 10.9 Å². The van der Waals surface area contributed by atoms with E-state index in [1.165, 1.54) is 0 Å². The van der Waals surface area contributed by atoms with Crippen molar-refractivity contribution in [1.29, 1.82) is 0 Å². The molecule has 1 heterocycles. The van der Waals surface area contributed by atoms with Gasteiger partial charge < -0.3 is 0 Å². The van der Waals surface area contributed by atoms with E-state index in [9.17, 15) is 4.79 Å². The minimum Gasteiger partial charge on any atom is -0.294 e. The molecule has 0 aliphatic heterocycles. The van der Waals surface area contributed by atoms with Crippen LogP contribution in [0.2, 0.25) is 0 Å². The summed E-state index contributed by atoms with van der Waals surface area (Å²) in [6.07, 6.45) is 0.856. The molecule has 0 fully saturated rings. The molecule has 0 bridgehead atoms. The van der Waals surface area contributed by atoms with Gasteiger partial charge in [-0.15, -0.1) is 0 Å². The zero-order chi connectivity index (χ0) is 11.5. The maximum atomic E-state index is 12.1. The summed E-state index contributed by atoms with van der Waals surface area (Å²) in [4.78, 5) is 16.4. The average Bonchev–Trinajstić information content (AvgIpc) is 2.33. The Kier molecular flexibility index (Phi) is 2.87. The Morgan fingerprint density at radius 2 is 2.19 bits per heavy atom. The highest BCUT2D eigenvalue weighted by molar-refractivity contribution is 5.78. The van der Waals surface area contributed by atoms with Crippen molar-refractivity contribution in [2.45, 2.75) is 19.9 Å². The number of nitrogens with zero attached hydrogens (tertiary/aromatic N) is 2. The number of fused-ring (bicyclic) bond motifs is 1. The fraction of sp³-hybridized carbons (Fsp3) is 0.273. The Hall–Kier alpha value is -1.88. The summed E-state index contributed by atoms with van der Waals surface area (Å²) in [6.45, 7) is 2.61. The van der Waals surface area contributed by atoms with E-state index in [-0.39, 0.29) is 5.56 Å². The molecule has 0 unspecified atom stereocenters. The Morgan fingerprint density at radius 1 is 1.44 bits per heavy atom. The van der Waals surface area contributed by atoms with E-state index < -0.39 is 0 Å². The maximum Gasteiger partial charge on any atom is 0.262 e. The minimum atomic E-state index is -0.0552. The Labute approximate surface area is 92.9 Å². The molecule has 1 aromatic carbocycles. The van der Waals surface area contributed by atoms with Crippen LogP contribution in [0.25, 0.3) is 10.9 Å². The zero-order valence-electron chi connectivity index (χ0n) is 9.10. The van der Waals surface area contributed by atoms with Crippen molar-refractivity contribution in [1.82, 2.24) is 9.55 Å². The molecule has 5 nitrogen and oxygen atoms in total. The van der Waals surface area contributed by atoms with Gasteiger partial charge in [0.15, 0.2) is 0 Å². The van der Waals surface area contributed by atoms with Crippen molar-refractivity contribution in [3.63, 3.8) is 0 Å². The molecule has 0 amide bonds. The normalized spacial score (nSPS) is 10.6. The number of nitrogen functional groups attached to an aromatic ring is 1. The van der Waals surface area contributed by atoms with Crippen molar-refractivity contribution < 1.29 is 0 Å². The SMILES string of the molecule is CCCn1c(NN)nc2ccccc2c1=O. The summed E-state index contributed by atoms with van der Waals surface area (Å²) in [7, 11) is 0. The number of hydrogen-bond acceptors (Lipinski definition) is 4. The molecule has 2 rings (SSSR count). The van der Waals surface area contributed by atoms with Crippen molar-refractivity contribution in [2.75, 3.05) is 5.43 Å². The molecule has 0 aliphatic carbocycles. The lowest BCUT2D eigenvalue weighted by Crippen LogP contribution is -2.27. The van der Waals surface area contributed by atoms with Crippen LogP contribution >= 0.6 is 0 Å². The number of benzene rings is 1. The van der Waals surface area contributed by atoms with Crippen LogP contribution in [0.1, 0.15) is 13.3 Å². The van der Waals surface area contributed by atoms with Crippen molar-refractivity contribution in [2.24, 2.45) is 5.84 Å². The summed E-state index contributed by atoms with van der Waals surface area (Å²) < 4.78 is 1.56. The Bertz CT molecular complexity index is 561. The first-order valence-corrected chi connectivity index (χ1v) is 5.24. The molecule has 2 aromatic rings. The van der Waals surface area contributed by atoms with Gasteiger partial charge in [0, 0.05) is 6.54 Å². The first-order valence-electron chi connectivity index (χ1n) is 5.24. The smallest absolute Gasteiger partial charge is 0.262 e. The molecular weight excluding hydrogens is 204 g/mol. The third kappa shape index (κ3) is 1.65. The lowest BCUT2D eigenvalue weighted by atomic mass is 10.2. The first kappa shape index (κ1) is 10.6. The number of para-hydroxylation sites is 1. The van der Waals surface area contributed by atoms with E-state index in [1.54, 1.807) is 16.7 Å². The standard InChI is InChI=1S/C11H14N4O/c1-2-7-15-10(16)8-5-3-4-6-9(8)13-11(15)14-12/h3-6H,2,7,12H2,1H3,(H,13,14). The minimum absolute atomic E-state index is 0.0552. The van der Waals surface area contributed by atoms with Crippen LogP contribution in [0, 0.1) is 0 Å². The fourth-order valence-electron chi connectivity index (χ4n) is 1.71. The predicted molar refractivity (Wildman–Crippen MR) is 64.1 cm³/mol. The molecule has 16 heavy (non-hydrogen) atoms. The number of rotatable bonds is 3. The van der Waals surface area contributed by atoms with E-state index in [2.05, 4.69) is 10.4 Å². The van der Waals surface area contributed by atoms with Crippen LogP contribution in [-0.4, -0.2) is 9.55 Å². The van der Waals surface area contributed by atoms with Gasteiger partial charge in [-0.3, -0.25) is 14.8 Å². The molecular formula is C11H14N4O. The van der Waals surface area contributed by atoms with Crippen LogP contribution in [0.3, 0.4) is 0 Å². The van der Waals surface area contributed by atoms with Crippen molar-refractivity contribution in [3.8, 4) is 0 Å². The molecule has 0 saturated carbocycles. The van der Waals surface area contributed by atoms with Crippen LogP contribution in [0.4, 0.5) is 5.95 Å².